The number of ether oxygens (including phenoxy) is 1. The van der Waals surface area contributed by atoms with E-state index in [2.05, 4.69) is 10.2 Å². The zero-order valence-electron chi connectivity index (χ0n) is 9.48. The van der Waals surface area contributed by atoms with Crippen LogP contribution in [0.25, 0.3) is 0 Å². The molecule has 3 unspecified atom stereocenters. The fraction of sp³-hybridized carbons (Fsp3) is 1.00. The lowest BCUT2D eigenvalue weighted by Crippen LogP contribution is -2.49. The van der Waals surface area contributed by atoms with Crippen LogP contribution >= 0.6 is 0 Å². The van der Waals surface area contributed by atoms with Gasteiger partial charge in [0.1, 0.15) is 0 Å². The smallest absolute Gasteiger partial charge is 0.0827 e. The summed E-state index contributed by atoms with van der Waals surface area (Å²) in [7, 11) is 0. The van der Waals surface area contributed by atoms with E-state index in [1.165, 1.54) is 19.4 Å². The molecular weight excluding hydrogens is 192 g/mol. The summed E-state index contributed by atoms with van der Waals surface area (Å²) >= 11 is 0. The largest absolute Gasteiger partial charge is 0.392 e. The third kappa shape index (κ3) is 3.14. The predicted molar refractivity (Wildman–Crippen MR) is 58.9 cm³/mol. The van der Waals surface area contributed by atoms with Crippen LogP contribution in [0, 0.1) is 0 Å². The molecule has 2 rings (SSSR count). The Kier molecular flexibility index (Phi) is 3.97. The molecule has 4 heteroatoms. The van der Waals surface area contributed by atoms with E-state index >= 15 is 0 Å². The summed E-state index contributed by atoms with van der Waals surface area (Å²) in [6.45, 7) is 6.49. The molecule has 0 aromatic heterocycles. The van der Waals surface area contributed by atoms with E-state index in [1.54, 1.807) is 6.92 Å². The van der Waals surface area contributed by atoms with Crippen molar-refractivity contribution in [2.75, 3.05) is 32.8 Å². The lowest BCUT2D eigenvalue weighted by molar-refractivity contribution is -0.0475. The van der Waals surface area contributed by atoms with Crippen LogP contribution in [0.4, 0.5) is 0 Å². The Hall–Kier alpha value is -0.160. The van der Waals surface area contributed by atoms with Gasteiger partial charge in [-0.05, 0) is 26.3 Å². The molecule has 0 aromatic carbocycles. The number of hydrogen-bond donors (Lipinski definition) is 2. The second kappa shape index (κ2) is 5.25. The Morgan fingerprint density at radius 2 is 2.47 bits per heavy atom. The Bertz CT molecular complexity index is 199. The van der Waals surface area contributed by atoms with Crippen LogP contribution in [0.1, 0.15) is 19.8 Å². The lowest BCUT2D eigenvalue weighted by Gasteiger charge is -2.35. The van der Waals surface area contributed by atoms with Crippen LogP contribution in [0.5, 0.6) is 0 Å². The van der Waals surface area contributed by atoms with Crippen LogP contribution in [0.15, 0.2) is 0 Å². The number of aliphatic hydroxyl groups is 1. The number of nitrogens with zero attached hydrogens (tertiary/aromatic N) is 1. The van der Waals surface area contributed by atoms with Crippen LogP contribution in [0.2, 0.25) is 0 Å². The molecule has 0 amide bonds. The van der Waals surface area contributed by atoms with Crippen molar-refractivity contribution in [2.24, 2.45) is 0 Å². The van der Waals surface area contributed by atoms with E-state index in [0.717, 1.165) is 19.7 Å². The highest BCUT2D eigenvalue weighted by atomic mass is 16.5. The van der Waals surface area contributed by atoms with Gasteiger partial charge in [0.2, 0.25) is 0 Å². The standard InChI is InChI=1S/C11H22N2O2/c1-9(14)5-12-6-11-7-13-4-2-3-10(13)8-15-11/h9-12,14H,2-8H2,1H3. The zero-order chi connectivity index (χ0) is 10.7. The van der Waals surface area contributed by atoms with Crippen molar-refractivity contribution in [3.05, 3.63) is 0 Å². The normalized spacial score (nSPS) is 34.0. The SMILES string of the molecule is CC(O)CNCC1CN2CCCC2CO1. The molecule has 15 heavy (non-hydrogen) atoms. The van der Waals surface area contributed by atoms with E-state index in [1.807, 2.05) is 0 Å². The zero-order valence-corrected chi connectivity index (χ0v) is 9.48. The molecule has 0 spiro atoms. The summed E-state index contributed by atoms with van der Waals surface area (Å²) in [6, 6.07) is 0.679. The summed E-state index contributed by atoms with van der Waals surface area (Å²) in [5.41, 5.74) is 0. The van der Waals surface area contributed by atoms with Crippen LogP contribution in [-0.4, -0.2) is 61.0 Å². The molecule has 2 aliphatic heterocycles. The van der Waals surface area contributed by atoms with E-state index in [0.29, 0.717) is 18.7 Å². The molecular formula is C11H22N2O2. The number of aliphatic hydroxyl groups excluding tert-OH is 1. The van der Waals surface area contributed by atoms with Crippen molar-refractivity contribution in [3.8, 4) is 0 Å². The minimum Gasteiger partial charge on any atom is -0.392 e. The number of hydrogen-bond acceptors (Lipinski definition) is 4. The minimum absolute atomic E-state index is 0.270. The van der Waals surface area contributed by atoms with Crippen LogP contribution in [0.3, 0.4) is 0 Å². The van der Waals surface area contributed by atoms with Crippen LogP contribution in [-0.2, 0) is 4.74 Å². The molecule has 88 valence electrons. The summed E-state index contributed by atoms with van der Waals surface area (Å²) in [5.74, 6) is 0. The summed E-state index contributed by atoms with van der Waals surface area (Å²) < 4.78 is 5.79. The Morgan fingerprint density at radius 1 is 1.60 bits per heavy atom. The molecule has 2 aliphatic rings. The topological polar surface area (TPSA) is 44.7 Å². The fourth-order valence-corrected chi connectivity index (χ4v) is 2.46. The van der Waals surface area contributed by atoms with Crippen molar-refractivity contribution in [1.82, 2.24) is 10.2 Å². The van der Waals surface area contributed by atoms with Crippen molar-refractivity contribution in [2.45, 2.75) is 38.0 Å². The van der Waals surface area contributed by atoms with Gasteiger partial charge in [0, 0.05) is 25.7 Å². The van der Waals surface area contributed by atoms with E-state index < -0.39 is 0 Å². The summed E-state index contributed by atoms with van der Waals surface area (Å²) in [4.78, 5) is 2.54. The number of rotatable bonds is 4. The van der Waals surface area contributed by atoms with Gasteiger partial charge in [-0.15, -0.1) is 0 Å². The highest BCUT2D eigenvalue weighted by Gasteiger charge is 2.31. The number of nitrogens with one attached hydrogen (secondary N) is 1. The van der Waals surface area contributed by atoms with Crippen molar-refractivity contribution in [1.29, 1.82) is 0 Å². The predicted octanol–water partition coefficient (Wildman–Crippen LogP) is -0.180. The average Bonchev–Trinajstić information content (AvgIpc) is 2.64. The van der Waals surface area contributed by atoms with Gasteiger partial charge in [-0.1, -0.05) is 0 Å². The quantitative estimate of drug-likeness (QED) is 0.681. The third-order valence-corrected chi connectivity index (χ3v) is 3.27. The fourth-order valence-electron chi connectivity index (χ4n) is 2.46. The molecule has 0 aromatic rings. The Balaban J connectivity index is 1.66. The first-order chi connectivity index (χ1) is 7.25. The second-order valence-electron chi connectivity index (χ2n) is 4.75. The maximum atomic E-state index is 9.12. The summed E-state index contributed by atoms with van der Waals surface area (Å²) in [5, 5.41) is 12.4. The molecule has 0 aliphatic carbocycles. The first-order valence-corrected chi connectivity index (χ1v) is 6.00. The molecule has 2 saturated heterocycles. The first kappa shape index (κ1) is 11.3. The minimum atomic E-state index is -0.270. The molecule has 3 atom stereocenters. The average molecular weight is 214 g/mol. The van der Waals surface area contributed by atoms with Crippen molar-refractivity contribution in [3.63, 3.8) is 0 Å². The highest BCUT2D eigenvalue weighted by Crippen LogP contribution is 2.22. The van der Waals surface area contributed by atoms with Gasteiger partial charge in [-0.2, -0.15) is 0 Å². The second-order valence-corrected chi connectivity index (χ2v) is 4.75. The Morgan fingerprint density at radius 3 is 3.27 bits per heavy atom. The Labute approximate surface area is 91.6 Å². The molecule has 4 nitrogen and oxygen atoms in total. The van der Waals surface area contributed by atoms with Crippen LogP contribution < -0.4 is 5.32 Å². The lowest BCUT2D eigenvalue weighted by atomic mass is 10.2. The number of fused-ring (bicyclic) bond motifs is 1. The van der Waals surface area contributed by atoms with Gasteiger partial charge in [-0.3, -0.25) is 4.90 Å². The van der Waals surface area contributed by atoms with E-state index in [4.69, 9.17) is 9.84 Å². The van der Waals surface area contributed by atoms with Gasteiger partial charge in [0.15, 0.2) is 0 Å². The molecule has 0 bridgehead atoms. The summed E-state index contributed by atoms with van der Waals surface area (Å²) in [6.07, 6.45) is 2.65. The molecule has 2 fully saturated rings. The van der Waals surface area contributed by atoms with Gasteiger partial charge < -0.3 is 15.2 Å². The van der Waals surface area contributed by atoms with E-state index in [-0.39, 0.29) is 6.10 Å². The monoisotopic (exact) mass is 214 g/mol. The number of morpholine rings is 1. The van der Waals surface area contributed by atoms with Gasteiger partial charge >= 0.3 is 0 Å². The maximum Gasteiger partial charge on any atom is 0.0827 e. The molecule has 2 heterocycles. The first-order valence-electron chi connectivity index (χ1n) is 6.00. The van der Waals surface area contributed by atoms with Crippen molar-refractivity contribution >= 4 is 0 Å². The van der Waals surface area contributed by atoms with Gasteiger partial charge in [0.05, 0.1) is 18.8 Å². The molecule has 0 radical (unpaired) electrons. The molecule has 2 N–H and O–H groups in total. The van der Waals surface area contributed by atoms with Crippen molar-refractivity contribution < 1.29 is 9.84 Å². The third-order valence-electron chi connectivity index (χ3n) is 3.27. The van der Waals surface area contributed by atoms with E-state index in [9.17, 15) is 0 Å². The highest BCUT2D eigenvalue weighted by molar-refractivity contribution is 4.85. The van der Waals surface area contributed by atoms with Gasteiger partial charge in [-0.25, -0.2) is 0 Å². The molecule has 0 saturated carbocycles. The maximum absolute atomic E-state index is 9.12. The van der Waals surface area contributed by atoms with Gasteiger partial charge in [0.25, 0.3) is 0 Å².